The van der Waals surface area contributed by atoms with Gasteiger partial charge in [0.2, 0.25) is 0 Å². The largest absolute Gasteiger partial charge is 0.505 e. The van der Waals surface area contributed by atoms with Crippen LogP contribution in [0.4, 0.5) is 11.4 Å². The maximum atomic E-state index is 11.5. The molecule has 6 heteroatoms. The van der Waals surface area contributed by atoms with Gasteiger partial charge in [0.1, 0.15) is 11.5 Å². The lowest BCUT2D eigenvalue weighted by molar-refractivity contribution is 0.0697. The number of benzene rings is 2. The molecule has 0 aliphatic heterocycles. The molecule has 0 bridgehead atoms. The van der Waals surface area contributed by atoms with E-state index in [0.717, 1.165) is 17.5 Å². The van der Waals surface area contributed by atoms with Crippen molar-refractivity contribution >= 4 is 17.3 Å². The van der Waals surface area contributed by atoms with E-state index in [-0.39, 0.29) is 11.3 Å². The summed E-state index contributed by atoms with van der Waals surface area (Å²) >= 11 is 0. The Kier molecular flexibility index (Phi) is 6.34. The number of carbonyl (C=O) groups is 1. The summed E-state index contributed by atoms with van der Waals surface area (Å²) in [5.41, 5.74) is 3.09. The molecule has 0 saturated heterocycles. The maximum Gasteiger partial charge on any atom is 0.335 e. The summed E-state index contributed by atoms with van der Waals surface area (Å²) in [6, 6.07) is 14.1. The van der Waals surface area contributed by atoms with Gasteiger partial charge in [0, 0.05) is 30.2 Å². The molecular weight excluding hydrogens is 368 g/mol. The zero-order valence-corrected chi connectivity index (χ0v) is 16.5. The number of aromatic hydroxyl groups is 1. The number of aromatic carboxylic acids is 1. The van der Waals surface area contributed by atoms with E-state index in [1.807, 2.05) is 36.1 Å². The van der Waals surface area contributed by atoms with E-state index in [9.17, 15) is 15.0 Å². The molecule has 0 atom stereocenters. The van der Waals surface area contributed by atoms with Gasteiger partial charge in [0.05, 0.1) is 18.4 Å². The van der Waals surface area contributed by atoms with Gasteiger partial charge in [-0.3, -0.25) is 4.98 Å². The van der Waals surface area contributed by atoms with Crippen LogP contribution in [0.2, 0.25) is 0 Å². The van der Waals surface area contributed by atoms with Gasteiger partial charge in [-0.1, -0.05) is 25.5 Å². The lowest BCUT2D eigenvalue weighted by Gasteiger charge is -2.27. The Labute approximate surface area is 170 Å². The maximum absolute atomic E-state index is 11.5. The van der Waals surface area contributed by atoms with E-state index in [0.29, 0.717) is 30.1 Å². The number of aromatic nitrogens is 1. The van der Waals surface area contributed by atoms with Gasteiger partial charge in [0.25, 0.3) is 0 Å². The number of hydrogen-bond donors (Lipinski definition) is 2. The highest BCUT2D eigenvalue weighted by Crippen LogP contribution is 2.41. The number of pyridine rings is 1. The molecule has 1 aromatic heterocycles. The first-order valence-electron chi connectivity index (χ1n) is 9.43. The Balaban J connectivity index is 2.14. The minimum atomic E-state index is -1.00. The predicted octanol–water partition coefficient (Wildman–Crippen LogP) is 4.78. The van der Waals surface area contributed by atoms with Crippen LogP contribution in [-0.4, -0.2) is 28.3 Å². The highest BCUT2D eigenvalue weighted by molar-refractivity contribution is 5.89. The zero-order chi connectivity index (χ0) is 20.8. The number of carboxylic acid groups (broad SMARTS) is 1. The number of nitrogens with zero attached hydrogens (tertiary/aromatic N) is 2. The first kappa shape index (κ1) is 20.2. The molecule has 0 aliphatic rings. The average molecular weight is 392 g/mol. The monoisotopic (exact) mass is 392 g/mol. The summed E-state index contributed by atoms with van der Waals surface area (Å²) in [6.45, 7) is 2.46. The van der Waals surface area contributed by atoms with Crippen LogP contribution in [-0.2, 0) is 13.0 Å². The molecule has 3 aromatic rings. The van der Waals surface area contributed by atoms with Crippen molar-refractivity contribution in [2.75, 3.05) is 12.0 Å². The summed E-state index contributed by atoms with van der Waals surface area (Å²) < 4.78 is 5.42. The number of phenolic OH excluding ortho intramolecular Hbond substituents is 1. The van der Waals surface area contributed by atoms with Crippen LogP contribution in [0.15, 0.2) is 60.9 Å². The summed E-state index contributed by atoms with van der Waals surface area (Å²) in [7, 11) is 1.58. The molecular formula is C23H24N2O4. The molecule has 0 saturated carbocycles. The molecule has 29 heavy (non-hydrogen) atoms. The number of rotatable bonds is 8. The molecule has 0 fully saturated rings. The number of carboxylic acids is 1. The summed E-state index contributed by atoms with van der Waals surface area (Å²) in [5.74, 6) is -0.233. The van der Waals surface area contributed by atoms with Crippen LogP contribution in [0.1, 0.15) is 34.8 Å². The van der Waals surface area contributed by atoms with E-state index in [1.54, 1.807) is 43.8 Å². The number of ether oxygens (including phenoxy) is 1. The van der Waals surface area contributed by atoms with Crippen molar-refractivity contribution in [1.82, 2.24) is 4.98 Å². The van der Waals surface area contributed by atoms with Crippen molar-refractivity contribution < 1.29 is 19.7 Å². The lowest BCUT2D eigenvalue weighted by Crippen LogP contribution is -2.18. The lowest BCUT2D eigenvalue weighted by atomic mass is 10.0. The van der Waals surface area contributed by atoms with Gasteiger partial charge >= 0.3 is 5.97 Å². The second-order valence-corrected chi connectivity index (χ2v) is 6.67. The van der Waals surface area contributed by atoms with Crippen molar-refractivity contribution in [3.63, 3.8) is 0 Å². The first-order chi connectivity index (χ1) is 14.0. The Bertz CT molecular complexity index is 989. The van der Waals surface area contributed by atoms with Gasteiger partial charge in [-0.05, 0) is 48.4 Å². The third-order valence-electron chi connectivity index (χ3n) is 4.70. The third-order valence-corrected chi connectivity index (χ3v) is 4.70. The number of anilines is 2. The minimum absolute atomic E-state index is 0.135. The van der Waals surface area contributed by atoms with E-state index in [4.69, 9.17) is 4.74 Å². The Hall–Kier alpha value is -3.54. The van der Waals surface area contributed by atoms with E-state index >= 15 is 0 Å². The van der Waals surface area contributed by atoms with E-state index in [2.05, 4.69) is 4.98 Å². The van der Waals surface area contributed by atoms with Crippen molar-refractivity contribution in [3.05, 3.63) is 77.6 Å². The van der Waals surface area contributed by atoms with Crippen LogP contribution in [0, 0.1) is 0 Å². The van der Waals surface area contributed by atoms with Gasteiger partial charge < -0.3 is 19.8 Å². The van der Waals surface area contributed by atoms with Crippen LogP contribution in [0.5, 0.6) is 11.5 Å². The smallest absolute Gasteiger partial charge is 0.335 e. The molecule has 2 N–H and O–H groups in total. The topological polar surface area (TPSA) is 82.9 Å². The number of phenols is 1. The molecule has 0 spiro atoms. The van der Waals surface area contributed by atoms with Crippen LogP contribution in [0.3, 0.4) is 0 Å². The van der Waals surface area contributed by atoms with Gasteiger partial charge in [0.15, 0.2) is 0 Å². The second kappa shape index (κ2) is 9.10. The molecule has 2 aromatic carbocycles. The van der Waals surface area contributed by atoms with Crippen molar-refractivity contribution in [2.45, 2.75) is 26.3 Å². The summed E-state index contributed by atoms with van der Waals surface area (Å²) in [4.78, 5) is 17.5. The Morgan fingerprint density at radius 1 is 1.17 bits per heavy atom. The standard InChI is InChI=1S/C23H24N2O4/c1-3-6-19-21(29-2)11-10-20(22(19)26)25(15-16-7-5-12-24-14-16)18-9-4-8-17(13-18)23(27)28/h4-5,7-14,26H,3,6,15H2,1-2H3,(H,27,28). The fraction of sp³-hybridized carbons (Fsp3) is 0.217. The molecule has 3 rings (SSSR count). The molecule has 0 amide bonds. The molecule has 6 nitrogen and oxygen atoms in total. The predicted molar refractivity (Wildman–Crippen MR) is 112 cm³/mol. The average Bonchev–Trinajstić information content (AvgIpc) is 2.74. The van der Waals surface area contributed by atoms with Crippen LogP contribution < -0.4 is 9.64 Å². The Morgan fingerprint density at radius 2 is 2.00 bits per heavy atom. The van der Waals surface area contributed by atoms with Crippen molar-refractivity contribution in [1.29, 1.82) is 0 Å². The molecule has 150 valence electrons. The van der Waals surface area contributed by atoms with Gasteiger partial charge in [-0.15, -0.1) is 0 Å². The Morgan fingerprint density at radius 3 is 2.66 bits per heavy atom. The van der Waals surface area contributed by atoms with Crippen LogP contribution >= 0.6 is 0 Å². The minimum Gasteiger partial charge on any atom is -0.505 e. The molecule has 0 radical (unpaired) electrons. The van der Waals surface area contributed by atoms with Gasteiger partial charge in [-0.25, -0.2) is 4.79 Å². The van der Waals surface area contributed by atoms with Crippen molar-refractivity contribution in [2.24, 2.45) is 0 Å². The molecule has 1 heterocycles. The second-order valence-electron chi connectivity index (χ2n) is 6.67. The zero-order valence-electron chi connectivity index (χ0n) is 16.5. The molecule has 0 unspecified atom stereocenters. The number of hydrogen-bond acceptors (Lipinski definition) is 5. The van der Waals surface area contributed by atoms with E-state index < -0.39 is 5.97 Å². The van der Waals surface area contributed by atoms with Crippen molar-refractivity contribution in [3.8, 4) is 11.5 Å². The van der Waals surface area contributed by atoms with Gasteiger partial charge in [-0.2, -0.15) is 0 Å². The summed E-state index contributed by atoms with van der Waals surface area (Å²) in [6.07, 6.45) is 4.97. The third kappa shape index (κ3) is 4.48. The first-order valence-corrected chi connectivity index (χ1v) is 9.43. The normalized spacial score (nSPS) is 10.6. The fourth-order valence-electron chi connectivity index (χ4n) is 3.30. The highest BCUT2D eigenvalue weighted by Gasteiger charge is 2.20. The SMILES string of the molecule is CCCc1c(OC)ccc(N(Cc2cccnc2)c2cccc(C(=O)O)c2)c1O. The highest BCUT2D eigenvalue weighted by atomic mass is 16.5. The quantitative estimate of drug-likeness (QED) is 0.574. The molecule has 0 aliphatic carbocycles. The van der Waals surface area contributed by atoms with E-state index in [1.165, 1.54) is 0 Å². The summed E-state index contributed by atoms with van der Waals surface area (Å²) in [5, 5.41) is 20.5. The van der Waals surface area contributed by atoms with Crippen LogP contribution in [0.25, 0.3) is 0 Å². The fourth-order valence-corrected chi connectivity index (χ4v) is 3.30. The number of methoxy groups -OCH3 is 1.